The second kappa shape index (κ2) is 5.48. The van der Waals surface area contributed by atoms with Crippen LogP contribution in [-0.4, -0.2) is 32.7 Å². The number of carbonyl (C=O) groups is 1. The number of rotatable bonds is 4. The minimum atomic E-state index is -2.16. The van der Waals surface area contributed by atoms with Crippen LogP contribution in [0.3, 0.4) is 0 Å². The summed E-state index contributed by atoms with van der Waals surface area (Å²) < 4.78 is 29.7. The molecule has 0 radical (unpaired) electrons. The van der Waals surface area contributed by atoms with Crippen molar-refractivity contribution in [2.24, 2.45) is 0 Å². The highest BCUT2D eigenvalue weighted by atomic mass is 28.3. The van der Waals surface area contributed by atoms with Gasteiger partial charge in [0.15, 0.2) is 6.10 Å². The Kier molecular flexibility index (Phi) is 4.71. The van der Waals surface area contributed by atoms with Crippen molar-refractivity contribution in [3.63, 3.8) is 0 Å². The molecular weight excluding hydrogens is 279 g/mol. The van der Waals surface area contributed by atoms with Gasteiger partial charge in [0.25, 0.3) is 5.79 Å². The predicted molar refractivity (Wildman–Crippen MR) is 77.8 cm³/mol. The van der Waals surface area contributed by atoms with Crippen molar-refractivity contribution in [1.82, 2.24) is 0 Å². The van der Waals surface area contributed by atoms with E-state index in [-0.39, 0.29) is 17.1 Å². The Labute approximate surface area is 121 Å². The Bertz CT molecular complexity index is 414. The van der Waals surface area contributed by atoms with Gasteiger partial charge in [-0.15, -0.1) is 0 Å². The summed E-state index contributed by atoms with van der Waals surface area (Å²) in [5.74, 6) is -1.15. The third-order valence-corrected chi connectivity index (χ3v) is 9.55. The summed E-state index contributed by atoms with van der Waals surface area (Å²) in [5, 5.41) is -0.0757. The second-order valence-electron chi connectivity index (χ2n) is 6.87. The number of hydrogen-bond acceptors (Lipinski definition) is 4. The van der Waals surface area contributed by atoms with Crippen molar-refractivity contribution in [1.29, 1.82) is 0 Å². The fourth-order valence-corrected chi connectivity index (χ4v) is 2.87. The van der Waals surface area contributed by atoms with Crippen molar-refractivity contribution in [2.75, 3.05) is 6.61 Å². The molecule has 2 atom stereocenters. The van der Waals surface area contributed by atoms with Crippen molar-refractivity contribution < 1.29 is 23.4 Å². The molecule has 1 aliphatic heterocycles. The van der Waals surface area contributed by atoms with E-state index < -0.39 is 26.1 Å². The van der Waals surface area contributed by atoms with Gasteiger partial charge in [-0.1, -0.05) is 33.9 Å². The molecular formula is C14H25FO4Si. The molecule has 0 aromatic heterocycles. The SMILES string of the molecule is CC1OC(=O)OC1(C)OCC=C(F)[Si](C)(C)C(C)(C)C. The van der Waals surface area contributed by atoms with Crippen LogP contribution in [0.2, 0.25) is 18.1 Å². The molecule has 1 fully saturated rings. The summed E-state index contributed by atoms with van der Waals surface area (Å²) in [5.41, 5.74) is -0.105. The predicted octanol–water partition coefficient (Wildman–Crippen LogP) is 4.18. The zero-order valence-electron chi connectivity index (χ0n) is 13.4. The van der Waals surface area contributed by atoms with E-state index in [4.69, 9.17) is 14.2 Å². The molecule has 0 aromatic carbocycles. The molecule has 2 unspecified atom stereocenters. The molecule has 6 heteroatoms. The Balaban J connectivity index is 2.68. The number of hydrogen-bond donors (Lipinski definition) is 0. The van der Waals surface area contributed by atoms with E-state index in [0.29, 0.717) is 0 Å². The minimum Gasteiger partial charge on any atom is -0.424 e. The van der Waals surface area contributed by atoms with E-state index in [2.05, 4.69) is 0 Å². The van der Waals surface area contributed by atoms with Gasteiger partial charge in [-0.25, -0.2) is 9.18 Å². The van der Waals surface area contributed by atoms with Crippen LogP contribution in [0.1, 0.15) is 34.6 Å². The lowest BCUT2D eigenvalue weighted by atomic mass is 10.2. The third-order valence-electron chi connectivity index (χ3n) is 4.40. The molecule has 116 valence electrons. The number of ether oxygens (including phenoxy) is 3. The molecule has 20 heavy (non-hydrogen) atoms. The van der Waals surface area contributed by atoms with Crippen molar-refractivity contribution in [2.45, 2.75) is 64.6 Å². The summed E-state index contributed by atoms with van der Waals surface area (Å²) in [4.78, 5) is 11.0. The lowest BCUT2D eigenvalue weighted by Crippen LogP contribution is -2.39. The van der Waals surface area contributed by atoms with Crippen LogP contribution in [0.25, 0.3) is 0 Å². The molecule has 0 aromatic rings. The average Bonchev–Trinajstić information content (AvgIpc) is 2.50. The first-order valence-corrected chi connectivity index (χ1v) is 9.80. The van der Waals surface area contributed by atoms with Crippen molar-refractivity contribution in [3.05, 3.63) is 11.5 Å². The number of carbonyl (C=O) groups excluding carboxylic acids is 1. The Morgan fingerprint density at radius 3 is 2.45 bits per heavy atom. The van der Waals surface area contributed by atoms with Crippen molar-refractivity contribution in [3.8, 4) is 0 Å². The Hall–Kier alpha value is -0.883. The van der Waals surface area contributed by atoms with E-state index >= 15 is 0 Å². The van der Waals surface area contributed by atoms with Gasteiger partial charge in [-0.2, -0.15) is 0 Å². The summed E-state index contributed by atoms with van der Waals surface area (Å²) >= 11 is 0. The maximum Gasteiger partial charge on any atom is 0.511 e. The lowest BCUT2D eigenvalue weighted by Gasteiger charge is -2.35. The fraction of sp³-hybridized carbons (Fsp3) is 0.786. The van der Waals surface area contributed by atoms with Crippen LogP contribution in [0.15, 0.2) is 11.5 Å². The molecule has 4 nitrogen and oxygen atoms in total. The fourth-order valence-electron chi connectivity index (χ4n) is 1.56. The van der Waals surface area contributed by atoms with Gasteiger partial charge in [-0.05, 0) is 18.0 Å². The Morgan fingerprint density at radius 2 is 2.05 bits per heavy atom. The molecule has 1 heterocycles. The lowest BCUT2D eigenvalue weighted by molar-refractivity contribution is -0.179. The zero-order valence-corrected chi connectivity index (χ0v) is 14.4. The van der Waals surface area contributed by atoms with Gasteiger partial charge in [0.2, 0.25) is 0 Å². The van der Waals surface area contributed by atoms with Gasteiger partial charge >= 0.3 is 6.16 Å². The van der Waals surface area contributed by atoms with E-state index in [9.17, 15) is 9.18 Å². The number of cyclic esters (lactones) is 2. The Morgan fingerprint density at radius 1 is 1.50 bits per heavy atom. The molecule has 1 rings (SSSR count). The highest BCUT2D eigenvalue weighted by Crippen LogP contribution is 2.41. The summed E-state index contributed by atoms with van der Waals surface area (Å²) in [6.07, 6.45) is 0.176. The number of halogens is 1. The van der Waals surface area contributed by atoms with Crippen molar-refractivity contribution >= 4 is 14.2 Å². The molecule has 0 N–H and O–H groups in total. The van der Waals surface area contributed by atoms with E-state index in [1.807, 2.05) is 33.9 Å². The van der Waals surface area contributed by atoms with Gasteiger partial charge in [0.1, 0.15) is 8.07 Å². The third kappa shape index (κ3) is 3.41. The molecule has 0 amide bonds. The van der Waals surface area contributed by atoms with Gasteiger partial charge in [0.05, 0.1) is 12.1 Å². The summed E-state index contributed by atoms with van der Waals surface area (Å²) in [6, 6.07) is 0. The zero-order chi connectivity index (χ0) is 15.8. The molecule has 0 aliphatic carbocycles. The first kappa shape index (κ1) is 17.2. The largest absolute Gasteiger partial charge is 0.511 e. The van der Waals surface area contributed by atoms with Gasteiger partial charge in [0, 0.05) is 6.92 Å². The maximum atomic E-state index is 14.4. The molecule has 0 spiro atoms. The van der Waals surface area contributed by atoms with Crippen LogP contribution in [0, 0.1) is 0 Å². The van der Waals surface area contributed by atoms with E-state index in [1.165, 1.54) is 6.08 Å². The molecule has 0 bridgehead atoms. The normalized spacial score (nSPS) is 28.3. The first-order chi connectivity index (χ1) is 8.90. The second-order valence-corrected chi connectivity index (χ2v) is 12.1. The standard InChI is InChI=1S/C14H25FO4Si/c1-10-14(5,19-12(16)18-10)17-9-8-11(15)20(6,7)13(2,3)4/h8,10H,9H2,1-7H3. The topological polar surface area (TPSA) is 44.8 Å². The van der Waals surface area contributed by atoms with Gasteiger partial charge in [-0.3, -0.25) is 0 Å². The maximum absolute atomic E-state index is 14.4. The van der Waals surface area contributed by atoms with Crippen LogP contribution in [0.5, 0.6) is 0 Å². The molecule has 1 saturated heterocycles. The minimum absolute atomic E-state index is 0.0514. The summed E-state index contributed by atoms with van der Waals surface area (Å²) in [7, 11) is -2.16. The summed E-state index contributed by atoms with van der Waals surface area (Å²) in [6.45, 7) is 13.5. The molecule has 1 aliphatic rings. The van der Waals surface area contributed by atoms with Gasteiger partial charge < -0.3 is 14.2 Å². The van der Waals surface area contributed by atoms with Crippen LogP contribution < -0.4 is 0 Å². The van der Waals surface area contributed by atoms with Crippen LogP contribution >= 0.6 is 0 Å². The smallest absolute Gasteiger partial charge is 0.424 e. The molecule has 0 saturated carbocycles. The monoisotopic (exact) mass is 304 g/mol. The van der Waals surface area contributed by atoms with Crippen LogP contribution in [-0.2, 0) is 14.2 Å². The highest BCUT2D eigenvalue weighted by molar-refractivity contribution is 6.86. The first-order valence-electron chi connectivity index (χ1n) is 6.80. The van der Waals surface area contributed by atoms with Crippen LogP contribution in [0.4, 0.5) is 9.18 Å². The quantitative estimate of drug-likeness (QED) is 0.577. The van der Waals surface area contributed by atoms with E-state index in [0.717, 1.165) is 0 Å². The highest BCUT2D eigenvalue weighted by Gasteiger charge is 2.46. The van der Waals surface area contributed by atoms with E-state index in [1.54, 1.807) is 13.8 Å². The average molecular weight is 304 g/mol.